The molecule has 1 amide bonds. The first-order chi connectivity index (χ1) is 20.6. The van der Waals surface area contributed by atoms with Gasteiger partial charge in [0, 0.05) is 18.7 Å². The third-order valence-electron chi connectivity index (χ3n) is 7.38. The van der Waals surface area contributed by atoms with Gasteiger partial charge >= 0.3 is 12.5 Å². The Morgan fingerprint density at radius 1 is 1.05 bits per heavy atom. The first-order valence-electron chi connectivity index (χ1n) is 13.5. The Morgan fingerprint density at radius 3 is 2.23 bits per heavy atom. The highest BCUT2D eigenvalue weighted by molar-refractivity contribution is 7.91. The lowest BCUT2D eigenvalue weighted by molar-refractivity contribution is -0.325. The minimum absolute atomic E-state index is 0.0824. The predicted molar refractivity (Wildman–Crippen MR) is 148 cm³/mol. The summed E-state index contributed by atoms with van der Waals surface area (Å²) in [5, 5.41) is 12.5. The van der Waals surface area contributed by atoms with Crippen molar-refractivity contribution in [1.82, 2.24) is 10.3 Å². The summed E-state index contributed by atoms with van der Waals surface area (Å²) in [5.41, 5.74) is 0.218. The number of nitrogens with zero attached hydrogens (tertiary/aromatic N) is 2. The number of aromatic nitrogens is 1. The van der Waals surface area contributed by atoms with Crippen LogP contribution in [-0.4, -0.2) is 62.3 Å². The van der Waals surface area contributed by atoms with Crippen LogP contribution in [0.25, 0.3) is 0 Å². The summed E-state index contributed by atoms with van der Waals surface area (Å²) in [7, 11) is -3.43. The molecule has 1 saturated heterocycles. The smallest absolute Gasteiger partial charge is 0.394 e. The van der Waals surface area contributed by atoms with Crippen LogP contribution in [-0.2, 0) is 20.8 Å². The maximum absolute atomic E-state index is 13.0. The highest BCUT2D eigenvalue weighted by Crippen LogP contribution is 2.37. The molecule has 2 heterocycles. The molecular weight excluding hydrogens is 616 g/mol. The number of sulfone groups is 1. The summed E-state index contributed by atoms with van der Waals surface area (Å²) in [6.07, 6.45) is -8.05. The van der Waals surface area contributed by atoms with Gasteiger partial charge < -0.3 is 15.3 Å². The van der Waals surface area contributed by atoms with Crippen LogP contribution in [0.5, 0.6) is 0 Å². The monoisotopic (exact) mass is 645 g/mol. The molecule has 4 rings (SSSR count). The number of aliphatic hydroxyl groups excluding tert-OH is 1. The van der Waals surface area contributed by atoms with Crippen molar-refractivity contribution in [3.8, 4) is 0 Å². The molecule has 0 aliphatic carbocycles. The highest BCUT2D eigenvalue weighted by Gasteiger charge is 2.38. The normalized spacial score (nSPS) is 18.3. The van der Waals surface area contributed by atoms with Gasteiger partial charge in [0.05, 0.1) is 47.1 Å². The van der Waals surface area contributed by atoms with E-state index < -0.39 is 65.1 Å². The quantitative estimate of drug-likeness (QED) is 0.290. The van der Waals surface area contributed by atoms with E-state index in [0.29, 0.717) is 11.1 Å². The Kier molecular flexibility index (Phi) is 9.90. The van der Waals surface area contributed by atoms with E-state index in [-0.39, 0.29) is 35.0 Å². The van der Waals surface area contributed by atoms with Crippen LogP contribution in [0.2, 0.25) is 0 Å². The summed E-state index contributed by atoms with van der Waals surface area (Å²) >= 11 is 0. The molecule has 15 heteroatoms. The van der Waals surface area contributed by atoms with Gasteiger partial charge in [-0.15, -0.1) is 13.2 Å². The first kappa shape index (κ1) is 33.2. The van der Waals surface area contributed by atoms with E-state index >= 15 is 0 Å². The van der Waals surface area contributed by atoms with Gasteiger partial charge in [-0.25, -0.2) is 13.4 Å². The molecule has 44 heavy (non-hydrogen) atoms. The van der Waals surface area contributed by atoms with Crippen molar-refractivity contribution in [2.75, 3.05) is 30.4 Å². The zero-order valence-electron chi connectivity index (χ0n) is 23.3. The minimum Gasteiger partial charge on any atom is -0.394 e. The van der Waals surface area contributed by atoms with Crippen molar-refractivity contribution in [2.45, 2.75) is 48.8 Å². The third-order valence-corrected chi connectivity index (χ3v) is 9.13. The van der Waals surface area contributed by atoms with Crippen molar-refractivity contribution < 1.29 is 49.4 Å². The summed E-state index contributed by atoms with van der Waals surface area (Å²) in [5.74, 6) is -0.876. The van der Waals surface area contributed by atoms with Crippen molar-refractivity contribution in [3.63, 3.8) is 0 Å². The van der Waals surface area contributed by atoms with Crippen LogP contribution >= 0.6 is 0 Å². The molecule has 0 saturated carbocycles. The van der Waals surface area contributed by atoms with E-state index in [1.807, 2.05) is 0 Å². The summed E-state index contributed by atoms with van der Waals surface area (Å²) in [6, 6.07) is 11.3. The molecule has 0 spiro atoms. The van der Waals surface area contributed by atoms with Gasteiger partial charge in [-0.3, -0.25) is 9.53 Å². The number of rotatable bonds is 10. The third kappa shape index (κ3) is 8.07. The molecule has 1 fully saturated rings. The zero-order valence-corrected chi connectivity index (χ0v) is 24.1. The van der Waals surface area contributed by atoms with Gasteiger partial charge in [0.1, 0.15) is 5.82 Å². The lowest BCUT2D eigenvalue weighted by Gasteiger charge is -2.26. The number of hydrogen-bond donors (Lipinski definition) is 2. The molecule has 1 aliphatic heterocycles. The van der Waals surface area contributed by atoms with Crippen molar-refractivity contribution in [1.29, 1.82) is 0 Å². The highest BCUT2D eigenvalue weighted by atomic mass is 32.2. The van der Waals surface area contributed by atoms with Crippen LogP contribution in [0.15, 0.2) is 71.8 Å². The molecule has 1 aliphatic rings. The van der Waals surface area contributed by atoms with Crippen LogP contribution < -0.4 is 10.2 Å². The minimum atomic E-state index is -4.89. The van der Waals surface area contributed by atoms with E-state index in [4.69, 9.17) is 0 Å². The maximum atomic E-state index is 13.0. The maximum Gasteiger partial charge on any atom is 0.522 e. The van der Waals surface area contributed by atoms with E-state index in [2.05, 4.69) is 15.0 Å². The van der Waals surface area contributed by atoms with E-state index in [1.54, 1.807) is 4.90 Å². The van der Waals surface area contributed by atoms with Crippen molar-refractivity contribution in [2.24, 2.45) is 0 Å². The molecule has 0 unspecified atom stereocenters. The number of amides is 1. The number of carbonyl (C=O) groups is 1. The second-order valence-electron chi connectivity index (χ2n) is 10.2. The molecular formula is C29H29F6N3O5S. The van der Waals surface area contributed by atoms with E-state index in [0.717, 1.165) is 12.1 Å². The average Bonchev–Trinajstić information content (AvgIpc) is 3.42. The van der Waals surface area contributed by atoms with Crippen LogP contribution in [0.4, 0.5) is 32.2 Å². The Balaban J connectivity index is 1.49. The van der Waals surface area contributed by atoms with Gasteiger partial charge in [0.15, 0.2) is 9.84 Å². The number of carbonyl (C=O) groups excluding carboxylic acids is 1. The van der Waals surface area contributed by atoms with Gasteiger partial charge in [0.2, 0.25) is 0 Å². The molecule has 2 N–H and O–H groups in total. The fourth-order valence-electron chi connectivity index (χ4n) is 4.97. The Morgan fingerprint density at radius 2 is 1.70 bits per heavy atom. The number of ether oxygens (including phenoxy) is 1. The van der Waals surface area contributed by atoms with Gasteiger partial charge in [-0.2, -0.15) is 13.2 Å². The second kappa shape index (κ2) is 13.1. The van der Waals surface area contributed by atoms with Gasteiger partial charge in [-0.05, 0) is 53.9 Å². The first-order valence-corrected chi connectivity index (χ1v) is 15.1. The number of pyridine rings is 1. The number of benzene rings is 2. The molecule has 0 radical (unpaired) electrons. The van der Waals surface area contributed by atoms with Gasteiger partial charge in [0.25, 0.3) is 5.91 Å². The number of alkyl halides is 6. The molecule has 1 aromatic heterocycles. The van der Waals surface area contributed by atoms with E-state index in [1.165, 1.54) is 61.7 Å². The Hall–Kier alpha value is -3.69. The molecule has 3 aromatic rings. The number of aliphatic hydroxyl groups is 1. The number of nitrogens with one attached hydrogen (secondary N) is 1. The second-order valence-corrected chi connectivity index (χ2v) is 12.5. The lowest BCUT2D eigenvalue weighted by Crippen LogP contribution is -2.36. The number of halogens is 6. The molecule has 8 nitrogen and oxygen atoms in total. The van der Waals surface area contributed by atoms with Crippen molar-refractivity contribution in [3.05, 3.63) is 89.1 Å². The van der Waals surface area contributed by atoms with Crippen LogP contribution in [0.3, 0.4) is 0 Å². The van der Waals surface area contributed by atoms with Gasteiger partial charge in [-0.1, -0.05) is 31.2 Å². The number of anilines is 1. The standard InChI is InChI=1S/C29H29F6N3O5S/c1-2-44(41,42)24-10-5-19(6-11-24)25(16-39)37-27(40)20-7-12-26(36-14-20)38-15-21(13-23(38)17-43-29(33,34)35)18-3-8-22(9-4-18)28(30,31)32/h3-12,14,21,23,25,39H,2,13,15-17H2,1H3,(H,37,40)/t21-,23+,25+/m1/s1. The van der Waals surface area contributed by atoms with Crippen LogP contribution in [0, 0.1) is 0 Å². The fourth-order valence-corrected chi connectivity index (χ4v) is 5.86. The average molecular weight is 646 g/mol. The topological polar surface area (TPSA) is 109 Å². The predicted octanol–water partition coefficient (Wildman–Crippen LogP) is 5.26. The fraction of sp³-hybridized carbons (Fsp3) is 0.379. The summed E-state index contributed by atoms with van der Waals surface area (Å²) in [6.45, 7) is 0.432. The molecule has 3 atom stereocenters. The summed E-state index contributed by atoms with van der Waals surface area (Å²) < 4.78 is 106. The molecule has 0 bridgehead atoms. The summed E-state index contributed by atoms with van der Waals surface area (Å²) in [4.78, 5) is 18.8. The Bertz CT molecular complexity index is 1530. The lowest BCUT2D eigenvalue weighted by atomic mass is 9.95. The Labute approximate surface area is 249 Å². The SMILES string of the molecule is CCS(=O)(=O)c1ccc([C@H](CO)NC(=O)c2ccc(N3C[C@H](c4ccc(C(F)(F)F)cc4)C[C@H]3COC(F)(F)F)nc2)cc1. The largest absolute Gasteiger partial charge is 0.522 e. The van der Waals surface area contributed by atoms with E-state index in [9.17, 15) is 44.7 Å². The zero-order chi connectivity index (χ0) is 32.3. The van der Waals surface area contributed by atoms with Crippen LogP contribution in [0.1, 0.15) is 52.4 Å². The number of hydrogen-bond acceptors (Lipinski definition) is 7. The molecule has 2 aromatic carbocycles. The molecule has 238 valence electrons. The van der Waals surface area contributed by atoms with Crippen molar-refractivity contribution >= 4 is 21.6 Å².